The van der Waals surface area contributed by atoms with Crippen molar-refractivity contribution in [2.75, 3.05) is 0 Å². The monoisotopic (exact) mass is 595 g/mol. The Labute approximate surface area is 237 Å². The van der Waals surface area contributed by atoms with E-state index in [1.165, 1.54) is 24.3 Å². The van der Waals surface area contributed by atoms with E-state index in [-0.39, 0.29) is 22.1 Å². The lowest BCUT2D eigenvalue weighted by molar-refractivity contribution is -0.155. The molecule has 1 aliphatic rings. The highest BCUT2D eigenvalue weighted by molar-refractivity contribution is 8.26. The number of halogens is 2. The van der Waals surface area contributed by atoms with E-state index >= 15 is 0 Å². The van der Waals surface area contributed by atoms with Crippen molar-refractivity contribution in [3.8, 4) is 11.1 Å². The highest BCUT2D eigenvalue weighted by Gasteiger charge is 2.39. The van der Waals surface area contributed by atoms with Crippen LogP contribution in [0.4, 0.5) is 8.78 Å². The third-order valence-corrected chi connectivity index (χ3v) is 7.66. The van der Waals surface area contributed by atoms with Crippen LogP contribution in [0.3, 0.4) is 0 Å². The summed E-state index contributed by atoms with van der Waals surface area (Å²) in [7, 11) is 0. The Balaban J connectivity index is 1.67. The minimum atomic E-state index is -1.15. The van der Waals surface area contributed by atoms with Crippen LogP contribution in [0.15, 0.2) is 34.6 Å². The number of hydrogen-bond donors (Lipinski definition) is 2. The van der Waals surface area contributed by atoms with Crippen molar-refractivity contribution in [3.63, 3.8) is 0 Å². The number of thiophene rings is 1. The highest BCUT2D eigenvalue weighted by Crippen LogP contribution is 2.36. The van der Waals surface area contributed by atoms with Crippen molar-refractivity contribution in [2.24, 2.45) is 5.73 Å². The number of esters is 1. The van der Waals surface area contributed by atoms with Gasteiger partial charge in [-0.25, -0.2) is 8.78 Å². The standard InChI is InChI=1S/C26H27F2N3O5S3/c1-13(23(34)30-19(22(29)33)7-8-21(32)36-26(2,3)4)31-24(35)20(39-25(31)37)11-16-9-15(12-38-16)14-5-6-17(27)18(28)10-14/h5-6,9-13,19H,7-8H2,1-4H3,(H2,29,33)(H,30,34)/t13-,19-/m0/s1. The molecule has 2 atom stereocenters. The third-order valence-electron chi connectivity index (χ3n) is 5.45. The van der Waals surface area contributed by atoms with Crippen molar-refractivity contribution in [3.05, 3.63) is 51.1 Å². The van der Waals surface area contributed by atoms with E-state index in [1.807, 2.05) is 0 Å². The second kappa shape index (κ2) is 12.3. The van der Waals surface area contributed by atoms with E-state index in [2.05, 4.69) is 5.32 Å². The van der Waals surface area contributed by atoms with Crippen LogP contribution < -0.4 is 11.1 Å². The summed E-state index contributed by atoms with van der Waals surface area (Å²) < 4.78 is 32.2. The van der Waals surface area contributed by atoms with Gasteiger partial charge in [-0.1, -0.05) is 30.0 Å². The van der Waals surface area contributed by atoms with Gasteiger partial charge < -0.3 is 15.8 Å². The van der Waals surface area contributed by atoms with E-state index in [0.717, 1.165) is 28.8 Å². The number of thioether (sulfide) groups is 1. The number of primary amides is 1. The van der Waals surface area contributed by atoms with E-state index in [1.54, 1.807) is 38.3 Å². The van der Waals surface area contributed by atoms with Gasteiger partial charge in [0.05, 0.1) is 4.91 Å². The minimum absolute atomic E-state index is 0.0698. The fourth-order valence-electron chi connectivity index (χ4n) is 3.55. The zero-order chi connectivity index (χ0) is 29.1. The average Bonchev–Trinajstić information content (AvgIpc) is 3.40. The Kier molecular flexibility index (Phi) is 9.62. The molecule has 0 spiro atoms. The van der Waals surface area contributed by atoms with E-state index in [0.29, 0.717) is 16.0 Å². The van der Waals surface area contributed by atoms with Gasteiger partial charge in [-0.05, 0) is 74.9 Å². The third kappa shape index (κ3) is 7.93. The highest BCUT2D eigenvalue weighted by atomic mass is 32.2. The second-order valence-electron chi connectivity index (χ2n) is 9.68. The molecule has 3 N–H and O–H groups in total. The molecule has 39 heavy (non-hydrogen) atoms. The van der Waals surface area contributed by atoms with Crippen molar-refractivity contribution in [1.82, 2.24) is 10.2 Å². The molecule has 1 aliphatic heterocycles. The van der Waals surface area contributed by atoms with Gasteiger partial charge in [0.15, 0.2) is 11.6 Å². The number of nitrogens with two attached hydrogens (primary N) is 1. The number of nitrogens with zero attached hydrogens (tertiary/aromatic N) is 1. The van der Waals surface area contributed by atoms with Gasteiger partial charge in [0.25, 0.3) is 5.91 Å². The van der Waals surface area contributed by atoms with Crippen LogP contribution in [0.25, 0.3) is 17.2 Å². The summed E-state index contributed by atoms with van der Waals surface area (Å²) in [6, 6.07) is 3.10. The predicted octanol–water partition coefficient (Wildman–Crippen LogP) is 4.38. The lowest BCUT2D eigenvalue weighted by Gasteiger charge is -2.25. The Morgan fingerprint density at radius 2 is 1.87 bits per heavy atom. The molecule has 3 rings (SSSR count). The SMILES string of the molecule is C[C@@H](C(=O)N[C@@H](CCC(=O)OC(C)(C)C)C(N)=O)N1C(=O)C(=Cc2cc(-c3ccc(F)c(F)c3)cs2)SC1=S. The van der Waals surface area contributed by atoms with Crippen LogP contribution >= 0.6 is 35.3 Å². The zero-order valence-electron chi connectivity index (χ0n) is 21.6. The topological polar surface area (TPSA) is 119 Å². The maximum absolute atomic E-state index is 13.6. The van der Waals surface area contributed by atoms with Gasteiger partial charge in [0.2, 0.25) is 11.8 Å². The first-order valence-electron chi connectivity index (χ1n) is 11.8. The lowest BCUT2D eigenvalue weighted by atomic mass is 10.1. The molecule has 2 aromatic rings. The van der Waals surface area contributed by atoms with Crippen LogP contribution in [0.2, 0.25) is 0 Å². The maximum Gasteiger partial charge on any atom is 0.306 e. The number of carbonyl (C=O) groups excluding carboxylic acids is 4. The molecule has 1 aromatic heterocycles. The normalized spacial score (nSPS) is 16.4. The number of carbonyl (C=O) groups is 4. The fraction of sp³-hybridized carbons (Fsp3) is 0.346. The first-order valence-corrected chi connectivity index (χ1v) is 13.9. The van der Waals surface area contributed by atoms with E-state index in [9.17, 15) is 28.0 Å². The van der Waals surface area contributed by atoms with Gasteiger partial charge in [-0.3, -0.25) is 24.1 Å². The summed E-state index contributed by atoms with van der Waals surface area (Å²) in [4.78, 5) is 52.0. The summed E-state index contributed by atoms with van der Waals surface area (Å²) >= 11 is 7.64. The number of nitrogens with one attached hydrogen (secondary N) is 1. The van der Waals surface area contributed by atoms with Crippen LogP contribution in [0, 0.1) is 11.6 Å². The first-order chi connectivity index (χ1) is 18.2. The van der Waals surface area contributed by atoms with Gasteiger partial charge >= 0.3 is 5.97 Å². The Morgan fingerprint density at radius 3 is 2.49 bits per heavy atom. The molecule has 0 unspecified atom stereocenters. The largest absolute Gasteiger partial charge is 0.460 e. The second-order valence-corrected chi connectivity index (χ2v) is 12.3. The molecule has 1 fully saturated rings. The molecule has 1 aromatic carbocycles. The molecule has 208 valence electrons. The predicted molar refractivity (Wildman–Crippen MR) is 150 cm³/mol. The van der Waals surface area contributed by atoms with Gasteiger partial charge in [-0.15, -0.1) is 11.3 Å². The smallest absolute Gasteiger partial charge is 0.306 e. The summed E-state index contributed by atoms with van der Waals surface area (Å²) in [6.45, 7) is 6.59. The van der Waals surface area contributed by atoms with Gasteiger partial charge in [0, 0.05) is 11.3 Å². The molecule has 3 amide bonds. The minimum Gasteiger partial charge on any atom is -0.460 e. The number of ether oxygens (including phenoxy) is 1. The van der Waals surface area contributed by atoms with Crippen LogP contribution in [-0.2, 0) is 23.9 Å². The van der Waals surface area contributed by atoms with Crippen LogP contribution in [0.5, 0.6) is 0 Å². The summed E-state index contributed by atoms with van der Waals surface area (Å²) in [5.41, 5.74) is 5.85. The molecular weight excluding hydrogens is 568 g/mol. The molecule has 13 heteroatoms. The summed E-state index contributed by atoms with van der Waals surface area (Å²) in [5, 5.41) is 4.23. The molecule has 8 nitrogen and oxygen atoms in total. The summed E-state index contributed by atoms with van der Waals surface area (Å²) in [5.74, 6) is -4.45. The Morgan fingerprint density at radius 1 is 1.18 bits per heavy atom. The number of rotatable bonds is 9. The number of hydrogen-bond acceptors (Lipinski definition) is 8. The first kappa shape index (κ1) is 30.4. The van der Waals surface area contributed by atoms with E-state index < -0.39 is 53.0 Å². The van der Waals surface area contributed by atoms with Crippen LogP contribution in [-0.4, -0.2) is 50.6 Å². The van der Waals surface area contributed by atoms with Crippen molar-refractivity contribution >= 4 is 69.4 Å². The quantitative estimate of drug-likeness (QED) is 0.251. The molecule has 0 aliphatic carbocycles. The Bertz CT molecular complexity index is 1350. The van der Waals surface area contributed by atoms with Crippen molar-refractivity contribution in [1.29, 1.82) is 0 Å². The lowest BCUT2D eigenvalue weighted by Crippen LogP contribution is -2.53. The summed E-state index contributed by atoms with van der Waals surface area (Å²) in [6.07, 6.45) is 1.39. The molecule has 1 saturated heterocycles. The Hall–Kier alpha value is -3.16. The van der Waals surface area contributed by atoms with Gasteiger partial charge in [-0.2, -0.15) is 0 Å². The molecule has 0 bridgehead atoms. The molecule has 0 radical (unpaired) electrons. The molecule has 0 saturated carbocycles. The molecular formula is C26H27F2N3O5S3. The number of thiocarbonyl (C=S) groups is 1. The van der Waals surface area contributed by atoms with Crippen LogP contribution in [0.1, 0.15) is 45.4 Å². The maximum atomic E-state index is 13.6. The fourth-order valence-corrected chi connectivity index (χ4v) is 5.88. The zero-order valence-corrected chi connectivity index (χ0v) is 24.0. The van der Waals surface area contributed by atoms with E-state index in [4.69, 9.17) is 22.7 Å². The number of benzene rings is 1. The van der Waals surface area contributed by atoms with Crippen molar-refractivity contribution < 1.29 is 32.7 Å². The molecule has 2 heterocycles. The average molecular weight is 596 g/mol. The number of amides is 3. The van der Waals surface area contributed by atoms with Gasteiger partial charge in [0.1, 0.15) is 22.0 Å². The van der Waals surface area contributed by atoms with Crippen molar-refractivity contribution in [2.45, 2.75) is 58.2 Å².